The summed E-state index contributed by atoms with van der Waals surface area (Å²) in [7, 11) is 0. The van der Waals surface area contributed by atoms with Crippen molar-refractivity contribution >= 4 is 44.7 Å². The van der Waals surface area contributed by atoms with Crippen LogP contribution < -0.4 is 5.32 Å². The molecule has 0 aliphatic carbocycles. The maximum atomic E-state index is 3.39. The molecule has 0 unspecified atom stereocenters. The largest absolute Gasteiger partial charge is 0.315 e. The molecule has 0 saturated carbocycles. The van der Waals surface area contributed by atoms with Gasteiger partial charge in [-0.1, -0.05) is 54.6 Å². The Morgan fingerprint density at radius 2 is 1.33 bits per heavy atom. The predicted molar refractivity (Wildman–Crippen MR) is 93.0 cm³/mol. The molecule has 1 N–H and O–H groups in total. The molecule has 5 rings (SSSR count). The molecule has 0 aromatic heterocycles. The van der Waals surface area contributed by atoms with Gasteiger partial charge in [0, 0.05) is 19.0 Å². The average molecular weight is 294 g/mol. The fourth-order valence-electron chi connectivity index (χ4n) is 3.62. The molecule has 1 aliphatic heterocycles. The van der Waals surface area contributed by atoms with Crippen molar-refractivity contribution in [2.45, 2.75) is 5.92 Å². The molecule has 104 valence electrons. The van der Waals surface area contributed by atoms with Gasteiger partial charge < -0.3 is 5.32 Å². The number of benzene rings is 4. The van der Waals surface area contributed by atoms with Crippen LogP contribution in [0, 0.1) is 0 Å². The number of hydrogen-bond acceptors (Lipinski definition) is 1. The molecule has 1 nitrogen and oxygen atoms in total. The van der Waals surface area contributed by atoms with Crippen LogP contribution in [0.25, 0.3) is 32.3 Å². The SMILES string of the molecule is Cl.c1cc2ccc3ccc(C4CNC4)c4ccc(c1)c2c34. The molecule has 0 spiro atoms. The fourth-order valence-corrected chi connectivity index (χ4v) is 3.62. The Hall–Kier alpha value is -1.83. The molecule has 1 heterocycles. The molecule has 0 bridgehead atoms. The summed E-state index contributed by atoms with van der Waals surface area (Å²) in [6.07, 6.45) is 0. The minimum atomic E-state index is 0. The molecule has 0 radical (unpaired) electrons. The number of nitrogens with one attached hydrogen (secondary N) is 1. The van der Waals surface area contributed by atoms with E-state index in [1.807, 2.05) is 0 Å². The quantitative estimate of drug-likeness (QED) is 0.502. The molecule has 4 aromatic carbocycles. The maximum Gasteiger partial charge on any atom is 0.00947 e. The molecule has 1 aliphatic rings. The first kappa shape index (κ1) is 12.9. The number of halogens is 1. The highest BCUT2D eigenvalue weighted by molar-refractivity contribution is 6.23. The van der Waals surface area contributed by atoms with E-state index in [0.29, 0.717) is 5.92 Å². The summed E-state index contributed by atoms with van der Waals surface area (Å²) >= 11 is 0. The van der Waals surface area contributed by atoms with Crippen LogP contribution in [0.4, 0.5) is 0 Å². The van der Waals surface area contributed by atoms with Crippen molar-refractivity contribution in [2.75, 3.05) is 13.1 Å². The average Bonchev–Trinajstić information content (AvgIpc) is 2.44. The molecular weight excluding hydrogens is 278 g/mol. The zero-order valence-electron chi connectivity index (χ0n) is 11.6. The second-order valence-electron chi connectivity index (χ2n) is 5.87. The van der Waals surface area contributed by atoms with Crippen LogP contribution >= 0.6 is 12.4 Å². The highest BCUT2D eigenvalue weighted by Crippen LogP contribution is 2.38. The Bertz CT molecular complexity index is 924. The van der Waals surface area contributed by atoms with Gasteiger partial charge in [0.2, 0.25) is 0 Å². The van der Waals surface area contributed by atoms with E-state index in [-0.39, 0.29) is 12.4 Å². The lowest BCUT2D eigenvalue weighted by molar-refractivity contribution is 0.451. The van der Waals surface area contributed by atoms with Crippen LogP contribution in [0.2, 0.25) is 0 Å². The summed E-state index contributed by atoms with van der Waals surface area (Å²) < 4.78 is 0. The third kappa shape index (κ3) is 1.68. The number of rotatable bonds is 1. The first-order chi connectivity index (χ1) is 9.92. The van der Waals surface area contributed by atoms with Crippen LogP contribution in [0.5, 0.6) is 0 Å². The lowest BCUT2D eigenvalue weighted by Gasteiger charge is -2.29. The molecule has 1 saturated heterocycles. The lowest BCUT2D eigenvalue weighted by atomic mass is 9.85. The van der Waals surface area contributed by atoms with Crippen molar-refractivity contribution in [3.8, 4) is 0 Å². The van der Waals surface area contributed by atoms with E-state index in [1.54, 1.807) is 0 Å². The second-order valence-corrected chi connectivity index (χ2v) is 5.87. The van der Waals surface area contributed by atoms with Crippen LogP contribution in [0.15, 0.2) is 54.6 Å². The van der Waals surface area contributed by atoms with E-state index in [4.69, 9.17) is 0 Å². The lowest BCUT2D eigenvalue weighted by Crippen LogP contribution is -2.39. The Labute approximate surface area is 129 Å². The molecule has 21 heavy (non-hydrogen) atoms. The van der Waals surface area contributed by atoms with E-state index in [2.05, 4.69) is 59.9 Å². The fraction of sp³-hybridized carbons (Fsp3) is 0.158. The van der Waals surface area contributed by atoms with Crippen molar-refractivity contribution < 1.29 is 0 Å². The van der Waals surface area contributed by atoms with Crippen molar-refractivity contribution in [1.82, 2.24) is 5.32 Å². The molecular formula is C19H16ClN. The number of hydrogen-bond donors (Lipinski definition) is 1. The van der Waals surface area contributed by atoms with E-state index >= 15 is 0 Å². The van der Waals surface area contributed by atoms with Gasteiger partial charge in [-0.05, 0) is 37.9 Å². The monoisotopic (exact) mass is 293 g/mol. The summed E-state index contributed by atoms with van der Waals surface area (Å²) in [6, 6.07) is 20.3. The minimum absolute atomic E-state index is 0. The minimum Gasteiger partial charge on any atom is -0.315 e. The third-order valence-electron chi connectivity index (χ3n) is 4.78. The van der Waals surface area contributed by atoms with Gasteiger partial charge in [0.05, 0.1) is 0 Å². The second kappa shape index (κ2) is 4.59. The molecule has 1 fully saturated rings. The van der Waals surface area contributed by atoms with Gasteiger partial charge in [0.15, 0.2) is 0 Å². The van der Waals surface area contributed by atoms with E-state index in [1.165, 1.54) is 37.9 Å². The van der Waals surface area contributed by atoms with Crippen molar-refractivity contribution in [3.05, 3.63) is 60.2 Å². The molecule has 0 atom stereocenters. The predicted octanol–water partition coefficient (Wildman–Crippen LogP) is 4.69. The van der Waals surface area contributed by atoms with Crippen LogP contribution in [-0.2, 0) is 0 Å². The molecule has 4 aromatic rings. The maximum absolute atomic E-state index is 3.39. The van der Waals surface area contributed by atoms with Gasteiger partial charge in [-0.2, -0.15) is 0 Å². The van der Waals surface area contributed by atoms with Crippen molar-refractivity contribution in [1.29, 1.82) is 0 Å². The van der Waals surface area contributed by atoms with Gasteiger partial charge in [-0.3, -0.25) is 0 Å². The molecule has 2 heteroatoms. The summed E-state index contributed by atoms with van der Waals surface area (Å²) in [5.41, 5.74) is 1.51. The Morgan fingerprint density at radius 1 is 0.714 bits per heavy atom. The smallest absolute Gasteiger partial charge is 0.00947 e. The zero-order valence-corrected chi connectivity index (χ0v) is 12.4. The summed E-state index contributed by atoms with van der Waals surface area (Å²) in [5.74, 6) is 0.680. The summed E-state index contributed by atoms with van der Waals surface area (Å²) in [6.45, 7) is 2.23. The standard InChI is InChI=1S/C19H15N.ClH/c1-2-12-4-5-14-6-8-16(15-10-20-11-15)17-9-7-13(3-1)18(12)19(14)17;/h1-9,15,20H,10-11H2;1H. The molecule has 0 amide bonds. The van der Waals surface area contributed by atoms with Crippen LogP contribution in [0.1, 0.15) is 11.5 Å². The van der Waals surface area contributed by atoms with E-state index in [9.17, 15) is 0 Å². The normalized spacial score (nSPS) is 15.4. The van der Waals surface area contributed by atoms with Gasteiger partial charge in [0.1, 0.15) is 0 Å². The van der Waals surface area contributed by atoms with Crippen molar-refractivity contribution in [3.63, 3.8) is 0 Å². The first-order valence-corrected chi connectivity index (χ1v) is 7.29. The van der Waals surface area contributed by atoms with Gasteiger partial charge in [-0.25, -0.2) is 0 Å². The Morgan fingerprint density at radius 3 is 2.00 bits per heavy atom. The van der Waals surface area contributed by atoms with Crippen LogP contribution in [0.3, 0.4) is 0 Å². The van der Waals surface area contributed by atoms with Gasteiger partial charge in [0.25, 0.3) is 0 Å². The van der Waals surface area contributed by atoms with E-state index in [0.717, 1.165) is 13.1 Å². The Balaban J connectivity index is 0.00000115. The topological polar surface area (TPSA) is 12.0 Å². The van der Waals surface area contributed by atoms with Crippen LogP contribution in [-0.4, -0.2) is 13.1 Å². The highest BCUT2D eigenvalue weighted by Gasteiger charge is 2.22. The zero-order chi connectivity index (χ0) is 13.1. The van der Waals surface area contributed by atoms with E-state index < -0.39 is 0 Å². The van der Waals surface area contributed by atoms with Gasteiger partial charge in [-0.15, -0.1) is 12.4 Å². The van der Waals surface area contributed by atoms with Crippen molar-refractivity contribution in [2.24, 2.45) is 0 Å². The third-order valence-corrected chi connectivity index (χ3v) is 4.78. The Kier molecular flexibility index (Phi) is 2.81. The first-order valence-electron chi connectivity index (χ1n) is 7.29. The summed E-state index contributed by atoms with van der Waals surface area (Å²) in [5, 5.41) is 11.8. The summed E-state index contributed by atoms with van der Waals surface area (Å²) in [4.78, 5) is 0. The van der Waals surface area contributed by atoms with Gasteiger partial charge >= 0.3 is 0 Å². The highest BCUT2D eigenvalue weighted by atomic mass is 35.5.